The highest BCUT2D eigenvalue weighted by atomic mass is 16.1. The number of rotatable bonds is 4. The molecule has 1 aliphatic rings. The molecular formula is C19H21N5O. The number of aromatic nitrogens is 4. The molecule has 4 rings (SSSR count). The molecule has 4 heterocycles. The van der Waals surface area contributed by atoms with Crippen LogP contribution in [0.3, 0.4) is 0 Å². The van der Waals surface area contributed by atoms with Crippen molar-refractivity contribution in [3.8, 4) is 0 Å². The lowest BCUT2D eigenvalue weighted by molar-refractivity contribution is 0.0902. The van der Waals surface area contributed by atoms with Gasteiger partial charge in [0.15, 0.2) is 11.4 Å². The highest BCUT2D eigenvalue weighted by molar-refractivity contribution is 5.96. The minimum Gasteiger partial charge on any atom is -0.356 e. The number of ketones is 1. The van der Waals surface area contributed by atoms with Crippen LogP contribution in [0.15, 0.2) is 42.7 Å². The van der Waals surface area contributed by atoms with Crippen molar-refractivity contribution in [2.75, 3.05) is 18.0 Å². The minimum atomic E-state index is -0.0347. The molecule has 3 aromatic heterocycles. The fraction of sp³-hybridized carbons (Fsp3) is 0.368. The Morgan fingerprint density at radius 2 is 2.20 bits per heavy atom. The predicted molar refractivity (Wildman–Crippen MR) is 95.9 cm³/mol. The number of Topliss-reactive ketones (excluding diaryl/α,β-unsaturated/α-hetero) is 1. The first kappa shape index (κ1) is 15.7. The summed E-state index contributed by atoms with van der Waals surface area (Å²) in [6, 6.07) is 9.51. The molecule has 128 valence electrons. The van der Waals surface area contributed by atoms with Crippen LogP contribution in [0.4, 0.5) is 5.82 Å². The highest BCUT2D eigenvalue weighted by Crippen LogP contribution is 2.26. The molecule has 6 heteroatoms. The smallest absolute Gasteiger partial charge is 0.185 e. The predicted octanol–water partition coefficient (Wildman–Crippen LogP) is 2.79. The molecule has 1 atom stereocenters. The molecule has 1 fully saturated rings. The van der Waals surface area contributed by atoms with E-state index in [4.69, 9.17) is 0 Å². The second-order valence-electron chi connectivity index (χ2n) is 6.42. The molecule has 0 aromatic carbocycles. The third kappa shape index (κ3) is 2.99. The average molecular weight is 335 g/mol. The maximum absolute atomic E-state index is 12.8. The molecule has 0 N–H and O–H groups in total. The van der Waals surface area contributed by atoms with Crippen LogP contribution in [0.5, 0.6) is 0 Å². The Labute approximate surface area is 146 Å². The summed E-state index contributed by atoms with van der Waals surface area (Å²) in [6.45, 7) is 3.72. The van der Waals surface area contributed by atoms with Crippen LogP contribution >= 0.6 is 0 Å². The van der Waals surface area contributed by atoms with Gasteiger partial charge in [0.2, 0.25) is 0 Å². The topological polar surface area (TPSA) is 63.4 Å². The first-order chi connectivity index (χ1) is 12.3. The Bertz CT molecular complexity index is 889. The van der Waals surface area contributed by atoms with Gasteiger partial charge in [-0.2, -0.15) is 9.61 Å². The number of nitrogens with zero attached hydrogens (tertiary/aromatic N) is 5. The van der Waals surface area contributed by atoms with Gasteiger partial charge < -0.3 is 4.90 Å². The van der Waals surface area contributed by atoms with E-state index in [0.717, 1.165) is 43.0 Å². The Morgan fingerprint density at radius 3 is 3.00 bits per heavy atom. The number of hydrogen-bond acceptors (Lipinski definition) is 5. The molecule has 0 radical (unpaired) electrons. The quantitative estimate of drug-likeness (QED) is 0.686. The molecule has 0 spiro atoms. The van der Waals surface area contributed by atoms with E-state index in [9.17, 15) is 4.79 Å². The van der Waals surface area contributed by atoms with Gasteiger partial charge in [-0.1, -0.05) is 13.0 Å². The number of pyridine rings is 1. The molecule has 3 aromatic rings. The normalized spacial score (nSPS) is 17.8. The number of carbonyl (C=O) groups excluding carboxylic acids is 1. The van der Waals surface area contributed by atoms with Gasteiger partial charge in [0.05, 0.1) is 6.20 Å². The van der Waals surface area contributed by atoms with Crippen molar-refractivity contribution in [2.24, 2.45) is 5.92 Å². The van der Waals surface area contributed by atoms with Gasteiger partial charge in [0.25, 0.3) is 0 Å². The van der Waals surface area contributed by atoms with Crippen molar-refractivity contribution >= 4 is 17.2 Å². The zero-order valence-electron chi connectivity index (χ0n) is 14.3. The number of fused-ring (bicyclic) bond motifs is 1. The summed E-state index contributed by atoms with van der Waals surface area (Å²) in [6.07, 6.45) is 6.21. The number of aryl methyl sites for hydroxylation is 1. The van der Waals surface area contributed by atoms with Gasteiger partial charge in [-0.3, -0.25) is 9.78 Å². The minimum absolute atomic E-state index is 0.0347. The van der Waals surface area contributed by atoms with Gasteiger partial charge in [0.1, 0.15) is 11.5 Å². The van der Waals surface area contributed by atoms with Crippen LogP contribution in [0, 0.1) is 5.92 Å². The zero-order valence-corrected chi connectivity index (χ0v) is 14.3. The van der Waals surface area contributed by atoms with Crippen LogP contribution in [0.25, 0.3) is 5.65 Å². The van der Waals surface area contributed by atoms with Crippen molar-refractivity contribution in [1.29, 1.82) is 0 Å². The van der Waals surface area contributed by atoms with E-state index in [1.807, 2.05) is 22.7 Å². The van der Waals surface area contributed by atoms with E-state index >= 15 is 0 Å². The fourth-order valence-electron chi connectivity index (χ4n) is 3.47. The molecule has 1 aliphatic heterocycles. The summed E-state index contributed by atoms with van der Waals surface area (Å²) in [4.78, 5) is 23.9. The number of piperidine rings is 1. The van der Waals surface area contributed by atoms with Crippen molar-refractivity contribution in [1.82, 2.24) is 19.6 Å². The monoisotopic (exact) mass is 335 g/mol. The molecule has 25 heavy (non-hydrogen) atoms. The van der Waals surface area contributed by atoms with E-state index < -0.39 is 0 Å². The van der Waals surface area contributed by atoms with Gasteiger partial charge >= 0.3 is 0 Å². The van der Waals surface area contributed by atoms with Crippen molar-refractivity contribution in [2.45, 2.75) is 26.2 Å². The first-order valence-electron chi connectivity index (χ1n) is 8.80. The maximum Gasteiger partial charge on any atom is 0.185 e. The fourth-order valence-corrected chi connectivity index (χ4v) is 3.47. The second-order valence-corrected chi connectivity index (χ2v) is 6.42. The molecular weight excluding hydrogens is 314 g/mol. The van der Waals surface area contributed by atoms with E-state index in [1.165, 1.54) is 0 Å². The van der Waals surface area contributed by atoms with Crippen molar-refractivity contribution < 1.29 is 4.79 Å². The molecule has 0 amide bonds. The summed E-state index contributed by atoms with van der Waals surface area (Å²) < 4.78 is 1.87. The third-order valence-electron chi connectivity index (χ3n) is 4.79. The SMILES string of the molecule is CCc1cc(N2CCCC(C(=O)c3ccccn3)C2)n2nccc2n1. The Balaban J connectivity index is 1.63. The summed E-state index contributed by atoms with van der Waals surface area (Å²) in [5.41, 5.74) is 2.45. The second kappa shape index (κ2) is 6.63. The van der Waals surface area contributed by atoms with Crippen molar-refractivity contribution in [3.63, 3.8) is 0 Å². The van der Waals surface area contributed by atoms with E-state index in [2.05, 4.69) is 33.0 Å². The van der Waals surface area contributed by atoms with Gasteiger partial charge in [-0.05, 0) is 31.4 Å². The van der Waals surface area contributed by atoms with Crippen molar-refractivity contribution in [3.05, 3.63) is 54.1 Å². The molecule has 0 bridgehead atoms. The molecule has 1 unspecified atom stereocenters. The lowest BCUT2D eigenvalue weighted by atomic mass is 9.92. The van der Waals surface area contributed by atoms with E-state index in [1.54, 1.807) is 18.5 Å². The van der Waals surface area contributed by atoms with Crippen LogP contribution in [0.2, 0.25) is 0 Å². The molecule has 0 saturated carbocycles. The number of anilines is 1. The van der Waals surface area contributed by atoms with E-state index in [0.29, 0.717) is 12.2 Å². The third-order valence-corrected chi connectivity index (χ3v) is 4.79. The lowest BCUT2D eigenvalue weighted by Crippen LogP contribution is -2.40. The zero-order chi connectivity index (χ0) is 17.2. The van der Waals surface area contributed by atoms with Gasteiger partial charge in [-0.25, -0.2) is 4.98 Å². The number of carbonyl (C=O) groups is 1. The highest BCUT2D eigenvalue weighted by Gasteiger charge is 2.28. The first-order valence-corrected chi connectivity index (χ1v) is 8.80. The lowest BCUT2D eigenvalue weighted by Gasteiger charge is -2.33. The van der Waals surface area contributed by atoms with Crippen LogP contribution in [-0.4, -0.2) is 38.5 Å². The molecule has 6 nitrogen and oxygen atoms in total. The number of hydrogen-bond donors (Lipinski definition) is 0. The molecule has 1 saturated heterocycles. The summed E-state index contributed by atoms with van der Waals surface area (Å²) in [7, 11) is 0. The maximum atomic E-state index is 12.8. The van der Waals surface area contributed by atoms with Crippen LogP contribution in [0.1, 0.15) is 35.9 Å². The standard InChI is InChI=1S/C19H21N5O/c1-2-15-12-18(24-17(22-15)8-10-21-24)23-11-5-6-14(13-23)19(25)16-7-3-4-9-20-16/h3-4,7-10,12,14H,2,5-6,11,13H2,1H3. The molecule has 0 aliphatic carbocycles. The van der Waals surface area contributed by atoms with Gasteiger partial charge in [-0.15, -0.1) is 0 Å². The average Bonchev–Trinajstić information content (AvgIpc) is 3.16. The largest absolute Gasteiger partial charge is 0.356 e. The summed E-state index contributed by atoms with van der Waals surface area (Å²) in [5.74, 6) is 1.12. The summed E-state index contributed by atoms with van der Waals surface area (Å²) in [5, 5.41) is 4.41. The van der Waals surface area contributed by atoms with E-state index in [-0.39, 0.29) is 11.7 Å². The van der Waals surface area contributed by atoms with Crippen LogP contribution in [-0.2, 0) is 6.42 Å². The van der Waals surface area contributed by atoms with Crippen LogP contribution < -0.4 is 4.90 Å². The summed E-state index contributed by atoms with van der Waals surface area (Å²) >= 11 is 0. The Kier molecular flexibility index (Phi) is 4.17. The Morgan fingerprint density at radius 1 is 1.28 bits per heavy atom. The Hall–Kier alpha value is -2.76. The van der Waals surface area contributed by atoms with Gasteiger partial charge in [0, 0.05) is 43.0 Å².